The van der Waals surface area contributed by atoms with E-state index in [-0.39, 0.29) is 30.9 Å². The molecular weight excluding hydrogens is 313 g/mol. The molecule has 5 nitrogen and oxygen atoms in total. The topological polar surface area (TPSA) is 59.0 Å². The average Bonchev–Trinajstić information content (AvgIpc) is 2.57. The molecule has 6 heteroatoms. The van der Waals surface area contributed by atoms with Crippen LogP contribution in [0.1, 0.15) is 25.3 Å². The molecule has 1 aliphatic heterocycles. The number of ether oxygens (including phenoxy) is 2. The first-order chi connectivity index (χ1) is 11.6. The summed E-state index contributed by atoms with van der Waals surface area (Å²) in [5.74, 6) is -0.449. The summed E-state index contributed by atoms with van der Waals surface area (Å²) in [6.07, 6.45) is 0.874. The van der Waals surface area contributed by atoms with Gasteiger partial charge in [0.2, 0.25) is 0 Å². The fourth-order valence-electron chi connectivity index (χ4n) is 2.88. The van der Waals surface area contributed by atoms with Crippen LogP contribution in [0.25, 0.3) is 0 Å². The van der Waals surface area contributed by atoms with Crippen molar-refractivity contribution in [3.63, 3.8) is 0 Å². The van der Waals surface area contributed by atoms with Crippen molar-refractivity contribution in [2.24, 2.45) is 5.92 Å². The Morgan fingerprint density at radius 2 is 2.08 bits per heavy atom. The number of nitrogens with zero attached hydrogens (tertiary/aromatic N) is 1. The predicted octanol–water partition coefficient (Wildman–Crippen LogP) is 1.98. The number of aliphatic hydroxyl groups excluding tert-OH is 1. The Morgan fingerprint density at radius 3 is 2.75 bits per heavy atom. The molecule has 1 atom stereocenters. The summed E-state index contributed by atoms with van der Waals surface area (Å²) in [5.41, 5.74) is 0.486. The third kappa shape index (κ3) is 5.85. The summed E-state index contributed by atoms with van der Waals surface area (Å²) in [4.78, 5) is 13.8. The van der Waals surface area contributed by atoms with Crippen molar-refractivity contribution in [1.82, 2.24) is 4.90 Å². The Morgan fingerprint density at radius 1 is 1.38 bits per heavy atom. The molecule has 0 amide bonds. The Kier molecular flexibility index (Phi) is 7.62. The van der Waals surface area contributed by atoms with Crippen LogP contribution >= 0.6 is 0 Å². The minimum absolute atomic E-state index is 0.0318. The van der Waals surface area contributed by atoms with Gasteiger partial charge in [0, 0.05) is 12.1 Å². The molecule has 0 unspecified atom stereocenters. The van der Waals surface area contributed by atoms with E-state index in [2.05, 4.69) is 4.90 Å². The Balaban J connectivity index is 1.64. The van der Waals surface area contributed by atoms with E-state index in [1.807, 2.05) is 6.92 Å². The lowest BCUT2D eigenvalue weighted by atomic mass is 9.97. The van der Waals surface area contributed by atoms with Crippen molar-refractivity contribution >= 4 is 5.97 Å². The quantitative estimate of drug-likeness (QED) is 0.734. The zero-order valence-corrected chi connectivity index (χ0v) is 14.1. The zero-order chi connectivity index (χ0) is 17.4. The van der Waals surface area contributed by atoms with Gasteiger partial charge in [-0.3, -0.25) is 4.79 Å². The third-order valence-corrected chi connectivity index (χ3v) is 4.20. The molecule has 24 heavy (non-hydrogen) atoms. The number of carbonyl (C=O) groups is 1. The summed E-state index contributed by atoms with van der Waals surface area (Å²) in [5, 5.41) is 10.1. The number of aliphatic hydroxyl groups is 1. The number of halogens is 1. The number of piperidine rings is 1. The highest BCUT2D eigenvalue weighted by molar-refractivity contribution is 5.72. The highest BCUT2D eigenvalue weighted by atomic mass is 19.1. The van der Waals surface area contributed by atoms with Crippen molar-refractivity contribution in [2.75, 3.05) is 32.8 Å². The van der Waals surface area contributed by atoms with Gasteiger partial charge >= 0.3 is 5.97 Å². The summed E-state index contributed by atoms with van der Waals surface area (Å²) < 4.78 is 23.9. The SMILES string of the molecule is CCOC(=O)C1CCN(C[C@@H](O)COCc2ccccc2F)CC1. The summed E-state index contributed by atoms with van der Waals surface area (Å²) >= 11 is 0. The maximum atomic E-state index is 13.5. The number of β-amino-alcohol motifs (C(OH)–C–C–N with tert-alkyl or cyclic N) is 1. The van der Waals surface area contributed by atoms with E-state index in [0.717, 1.165) is 25.9 Å². The van der Waals surface area contributed by atoms with Gasteiger partial charge in [0.15, 0.2) is 0 Å². The van der Waals surface area contributed by atoms with E-state index in [4.69, 9.17) is 9.47 Å². The standard InChI is InChI=1S/C18H26FNO4/c1-2-24-18(22)14-7-9-20(10-8-14)11-16(21)13-23-12-15-5-3-4-6-17(15)19/h3-6,14,16,21H,2,7-13H2,1H3/t16-/m1/s1. The van der Waals surface area contributed by atoms with E-state index in [0.29, 0.717) is 18.7 Å². The van der Waals surface area contributed by atoms with Gasteiger partial charge in [-0.2, -0.15) is 0 Å². The minimum Gasteiger partial charge on any atom is -0.466 e. The number of esters is 1. The molecule has 0 radical (unpaired) electrons. The molecule has 1 aromatic carbocycles. The largest absolute Gasteiger partial charge is 0.466 e. The van der Waals surface area contributed by atoms with Crippen molar-refractivity contribution in [1.29, 1.82) is 0 Å². The van der Waals surface area contributed by atoms with Crippen molar-refractivity contribution in [3.05, 3.63) is 35.6 Å². The molecule has 1 saturated heterocycles. The molecule has 134 valence electrons. The lowest BCUT2D eigenvalue weighted by Crippen LogP contribution is -2.42. The van der Waals surface area contributed by atoms with Gasteiger partial charge in [-0.05, 0) is 38.9 Å². The summed E-state index contributed by atoms with van der Waals surface area (Å²) in [7, 11) is 0. The maximum absolute atomic E-state index is 13.5. The second-order valence-corrected chi connectivity index (χ2v) is 6.09. The van der Waals surface area contributed by atoms with Crippen LogP contribution in [0.2, 0.25) is 0 Å². The Labute approximate surface area is 142 Å². The van der Waals surface area contributed by atoms with E-state index in [1.165, 1.54) is 6.07 Å². The molecule has 1 fully saturated rings. The molecule has 1 aliphatic rings. The Hall–Kier alpha value is -1.50. The first-order valence-corrected chi connectivity index (χ1v) is 8.48. The highest BCUT2D eigenvalue weighted by Gasteiger charge is 2.26. The van der Waals surface area contributed by atoms with Crippen LogP contribution in [0.15, 0.2) is 24.3 Å². The van der Waals surface area contributed by atoms with Crippen LogP contribution in [0.3, 0.4) is 0 Å². The maximum Gasteiger partial charge on any atom is 0.309 e. The predicted molar refractivity (Wildman–Crippen MR) is 87.9 cm³/mol. The van der Waals surface area contributed by atoms with E-state index in [9.17, 15) is 14.3 Å². The van der Waals surface area contributed by atoms with E-state index < -0.39 is 6.10 Å². The fraction of sp³-hybridized carbons (Fsp3) is 0.611. The van der Waals surface area contributed by atoms with Gasteiger partial charge in [0.05, 0.1) is 31.8 Å². The van der Waals surface area contributed by atoms with E-state index in [1.54, 1.807) is 18.2 Å². The van der Waals surface area contributed by atoms with Crippen LogP contribution in [0.5, 0.6) is 0 Å². The lowest BCUT2D eigenvalue weighted by molar-refractivity contribution is -0.149. The highest BCUT2D eigenvalue weighted by Crippen LogP contribution is 2.19. The number of rotatable bonds is 8. The van der Waals surface area contributed by atoms with E-state index >= 15 is 0 Å². The molecule has 0 bridgehead atoms. The van der Waals surface area contributed by atoms with Gasteiger partial charge < -0.3 is 19.5 Å². The van der Waals surface area contributed by atoms with Gasteiger partial charge in [-0.15, -0.1) is 0 Å². The third-order valence-electron chi connectivity index (χ3n) is 4.20. The van der Waals surface area contributed by atoms with Crippen LogP contribution in [-0.2, 0) is 20.9 Å². The second kappa shape index (κ2) is 9.71. The molecule has 1 N–H and O–H groups in total. The van der Waals surface area contributed by atoms with Crippen molar-refractivity contribution in [3.8, 4) is 0 Å². The first kappa shape index (κ1) is 18.8. The van der Waals surface area contributed by atoms with Gasteiger partial charge in [0.25, 0.3) is 0 Å². The summed E-state index contributed by atoms with van der Waals surface area (Å²) in [6.45, 7) is 4.54. The molecule has 0 aromatic heterocycles. The molecule has 1 aromatic rings. The van der Waals surface area contributed by atoms with Crippen LogP contribution < -0.4 is 0 Å². The van der Waals surface area contributed by atoms with Gasteiger partial charge in [-0.25, -0.2) is 4.39 Å². The average molecular weight is 339 g/mol. The molecule has 2 rings (SSSR count). The van der Waals surface area contributed by atoms with Crippen molar-refractivity contribution < 1.29 is 23.8 Å². The molecule has 0 saturated carbocycles. The smallest absolute Gasteiger partial charge is 0.309 e. The molecule has 0 spiro atoms. The Bertz CT molecular complexity index is 517. The molecule has 0 aliphatic carbocycles. The van der Waals surface area contributed by atoms with Crippen molar-refractivity contribution in [2.45, 2.75) is 32.5 Å². The summed E-state index contributed by atoms with van der Waals surface area (Å²) in [6, 6.07) is 6.45. The number of hydrogen-bond donors (Lipinski definition) is 1. The van der Waals surface area contributed by atoms with Crippen LogP contribution in [-0.4, -0.2) is 54.9 Å². The normalized spacial score (nSPS) is 17.6. The number of hydrogen-bond acceptors (Lipinski definition) is 5. The number of carbonyl (C=O) groups excluding carboxylic acids is 1. The van der Waals surface area contributed by atoms with Crippen LogP contribution in [0.4, 0.5) is 4.39 Å². The number of benzene rings is 1. The second-order valence-electron chi connectivity index (χ2n) is 6.09. The van der Waals surface area contributed by atoms with Gasteiger partial charge in [0.1, 0.15) is 5.82 Å². The zero-order valence-electron chi connectivity index (χ0n) is 14.1. The first-order valence-electron chi connectivity index (χ1n) is 8.48. The monoisotopic (exact) mass is 339 g/mol. The number of likely N-dealkylation sites (tertiary alicyclic amines) is 1. The van der Waals surface area contributed by atoms with Crippen LogP contribution in [0, 0.1) is 11.7 Å². The van der Waals surface area contributed by atoms with Gasteiger partial charge in [-0.1, -0.05) is 18.2 Å². The molecular formula is C18H26FNO4. The lowest BCUT2D eigenvalue weighted by Gasteiger charge is -2.32. The fourth-order valence-corrected chi connectivity index (χ4v) is 2.88. The molecule has 1 heterocycles. The minimum atomic E-state index is -0.629.